The Morgan fingerprint density at radius 3 is 2.67 bits per heavy atom. The van der Waals surface area contributed by atoms with Gasteiger partial charge >= 0.3 is 0 Å². The molecule has 0 atom stereocenters. The minimum atomic E-state index is 0.612. The first-order chi connectivity index (χ1) is 8.70. The summed E-state index contributed by atoms with van der Waals surface area (Å²) in [4.78, 5) is 6.00. The lowest BCUT2D eigenvalue weighted by molar-refractivity contribution is 0.921. The van der Waals surface area contributed by atoms with Crippen molar-refractivity contribution in [2.24, 2.45) is 0 Å². The van der Waals surface area contributed by atoms with E-state index in [1.54, 1.807) is 30.6 Å². The molecular weight excluding hydrogens is 224 g/mol. The van der Waals surface area contributed by atoms with Crippen LogP contribution in [0.25, 0.3) is 0 Å². The number of hydrogen-bond acceptors (Lipinski definition) is 4. The van der Waals surface area contributed by atoms with Gasteiger partial charge in [0.15, 0.2) is 0 Å². The van der Waals surface area contributed by atoms with Crippen molar-refractivity contribution in [1.29, 1.82) is 5.26 Å². The summed E-state index contributed by atoms with van der Waals surface area (Å²) in [6.45, 7) is 0.724. The van der Waals surface area contributed by atoms with Gasteiger partial charge in [-0.3, -0.25) is 4.98 Å². The Bertz CT molecular complexity index is 572. The lowest BCUT2D eigenvalue weighted by Crippen LogP contribution is -2.17. The summed E-state index contributed by atoms with van der Waals surface area (Å²) in [6.07, 6.45) is 3.52. The van der Waals surface area contributed by atoms with Crippen LogP contribution in [0.1, 0.15) is 11.1 Å². The second-order valence-electron chi connectivity index (χ2n) is 4.10. The average Bonchev–Trinajstić information content (AvgIpc) is 2.40. The summed E-state index contributed by atoms with van der Waals surface area (Å²) in [5, 5.41) is 8.91. The van der Waals surface area contributed by atoms with Crippen molar-refractivity contribution in [2.75, 3.05) is 17.7 Å². The van der Waals surface area contributed by atoms with Crippen molar-refractivity contribution in [3.05, 3.63) is 53.9 Å². The number of benzene rings is 1. The van der Waals surface area contributed by atoms with Gasteiger partial charge in [-0.15, -0.1) is 0 Å². The van der Waals surface area contributed by atoms with E-state index in [9.17, 15) is 0 Å². The number of nitrogen functional groups attached to an aromatic ring is 1. The van der Waals surface area contributed by atoms with E-state index in [4.69, 9.17) is 11.0 Å². The van der Waals surface area contributed by atoms with Crippen LogP contribution in [0.5, 0.6) is 0 Å². The summed E-state index contributed by atoms with van der Waals surface area (Å²) in [7, 11) is 1.95. The molecule has 0 bridgehead atoms. The molecule has 1 aromatic carbocycles. The Labute approximate surface area is 106 Å². The van der Waals surface area contributed by atoms with Crippen LogP contribution in [0.15, 0.2) is 42.7 Å². The number of nitrogens with two attached hydrogens (primary N) is 1. The lowest BCUT2D eigenvalue weighted by Gasteiger charge is -2.21. The van der Waals surface area contributed by atoms with Crippen LogP contribution in [0, 0.1) is 11.3 Å². The molecule has 0 aliphatic rings. The summed E-state index contributed by atoms with van der Waals surface area (Å²) in [6, 6.07) is 11.3. The van der Waals surface area contributed by atoms with Crippen molar-refractivity contribution in [1.82, 2.24) is 4.98 Å². The van der Waals surface area contributed by atoms with Gasteiger partial charge in [0.25, 0.3) is 0 Å². The monoisotopic (exact) mass is 238 g/mol. The summed E-state index contributed by atoms with van der Waals surface area (Å²) in [5.41, 5.74) is 9.23. The van der Waals surface area contributed by atoms with Gasteiger partial charge in [0.2, 0.25) is 0 Å². The Balaban J connectivity index is 2.24. The minimum absolute atomic E-state index is 0.612. The van der Waals surface area contributed by atoms with Crippen LogP contribution < -0.4 is 10.6 Å². The fraction of sp³-hybridized carbons (Fsp3) is 0.143. The highest BCUT2D eigenvalue weighted by Gasteiger charge is 2.07. The molecule has 0 saturated carbocycles. The first-order valence-electron chi connectivity index (χ1n) is 5.60. The summed E-state index contributed by atoms with van der Waals surface area (Å²) in [5.74, 6) is 0. The van der Waals surface area contributed by atoms with Crippen LogP contribution in [0.3, 0.4) is 0 Å². The predicted octanol–water partition coefficient (Wildman–Crippen LogP) is 2.17. The van der Waals surface area contributed by atoms with Crippen LogP contribution in [0.2, 0.25) is 0 Å². The van der Waals surface area contributed by atoms with Gasteiger partial charge in [0, 0.05) is 26.0 Å². The van der Waals surface area contributed by atoms with Gasteiger partial charge in [0.1, 0.15) is 0 Å². The molecule has 0 aliphatic carbocycles. The van der Waals surface area contributed by atoms with Gasteiger partial charge in [0.05, 0.1) is 23.0 Å². The van der Waals surface area contributed by atoms with Crippen molar-refractivity contribution in [3.63, 3.8) is 0 Å². The first kappa shape index (κ1) is 11.9. The van der Waals surface area contributed by atoms with Gasteiger partial charge < -0.3 is 10.6 Å². The van der Waals surface area contributed by atoms with Crippen LogP contribution >= 0.6 is 0 Å². The predicted molar refractivity (Wildman–Crippen MR) is 71.9 cm³/mol. The maximum Gasteiger partial charge on any atom is 0.0992 e. The molecule has 1 aromatic heterocycles. The molecule has 4 nitrogen and oxygen atoms in total. The number of nitrogens with zero attached hydrogens (tertiary/aromatic N) is 3. The number of nitriles is 1. The molecule has 2 rings (SSSR count). The smallest absolute Gasteiger partial charge is 0.0992 e. The van der Waals surface area contributed by atoms with Gasteiger partial charge in [-0.2, -0.15) is 5.26 Å². The molecule has 4 heteroatoms. The number of rotatable bonds is 3. The Morgan fingerprint density at radius 2 is 2.00 bits per heavy atom. The molecule has 90 valence electrons. The fourth-order valence-corrected chi connectivity index (χ4v) is 1.79. The Hall–Kier alpha value is -2.54. The van der Waals surface area contributed by atoms with Crippen molar-refractivity contribution in [3.8, 4) is 6.07 Å². The zero-order valence-corrected chi connectivity index (χ0v) is 10.2. The molecule has 0 fully saturated rings. The third-order valence-corrected chi connectivity index (χ3v) is 2.74. The standard InChI is InChI=1S/C14H14N4/c1-18(10-11-4-6-17-7-5-11)14-8-12(9-15)2-3-13(14)16/h2-8H,10,16H2,1H3. The molecule has 2 N–H and O–H groups in total. The van der Waals surface area contributed by atoms with E-state index in [-0.39, 0.29) is 0 Å². The quantitative estimate of drug-likeness (QED) is 0.832. The van der Waals surface area contributed by atoms with Crippen LogP contribution in [-0.2, 0) is 6.54 Å². The third kappa shape index (κ3) is 2.58. The SMILES string of the molecule is CN(Cc1ccncc1)c1cc(C#N)ccc1N. The maximum atomic E-state index is 8.91. The zero-order chi connectivity index (χ0) is 13.0. The van der Waals surface area contributed by atoms with Crippen LogP contribution in [-0.4, -0.2) is 12.0 Å². The molecule has 0 unspecified atom stereocenters. The van der Waals surface area contributed by atoms with E-state index in [1.807, 2.05) is 24.1 Å². The Morgan fingerprint density at radius 1 is 1.28 bits per heavy atom. The number of pyridine rings is 1. The maximum absolute atomic E-state index is 8.91. The topological polar surface area (TPSA) is 65.9 Å². The van der Waals surface area contributed by atoms with Gasteiger partial charge in [-0.1, -0.05) is 0 Å². The highest BCUT2D eigenvalue weighted by Crippen LogP contribution is 2.24. The third-order valence-electron chi connectivity index (χ3n) is 2.74. The van der Waals surface area contributed by atoms with Gasteiger partial charge in [-0.25, -0.2) is 0 Å². The molecule has 1 heterocycles. The fourth-order valence-electron chi connectivity index (χ4n) is 1.79. The molecule has 0 amide bonds. The normalized spacial score (nSPS) is 9.78. The Kier molecular flexibility index (Phi) is 3.44. The van der Waals surface area contributed by atoms with Crippen molar-refractivity contribution in [2.45, 2.75) is 6.54 Å². The first-order valence-corrected chi connectivity index (χ1v) is 5.60. The molecule has 0 aliphatic heterocycles. The van der Waals surface area contributed by atoms with Gasteiger partial charge in [-0.05, 0) is 35.9 Å². The van der Waals surface area contributed by atoms with E-state index in [0.717, 1.165) is 17.8 Å². The number of aromatic nitrogens is 1. The second kappa shape index (κ2) is 5.19. The van der Waals surface area contributed by atoms with E-state index < -0.39 is 0 Å². The van der Waals surface area contributed by atoms with E-state index >= 15 is 0 Å². The molecular formula is C14H14N4. The largest absolute Gasteiger partial charge is 0.397 e. The molecule has 0 spiro atoms. The molecule has 0 radical (unpaired) electrons. The highest BCUT2D eigenvalue weighted by molar-refractivity contribution is 5.69. The average molecular weight is 238 g/mol. The minimum Gasteiger partial charge on any atom is -0.397 e. The number of hydrogen-bond donors (Lipinski definition) is 1. The lowest BCUT2D eigenvalue weighted by atomic mass is 10.1. The summed E-state index contributed by atoms with van der Waals surface area (Å²) < 4.78 is 0. The molecule has 0 saturated heterocycles. The summed E-state index contributed by atoms with van der Waals surface area (Å²) >= 11 is 0. The highest BCUT2D eigenvalue weighted by atomic mass is 15.1. The molecule has 2 aromatic rings. The van der Waals surface area contributed by atoms with E-state index in [0.29, 0.717) is 11.3 Å². The van der Waals surface area contributed by atoms with E-state index in [1.165, 1.54) is 0 Å². The van der Waals surface area contributed by atoms with Crippen molar-refractivity contribution >= 4 is 11.4 Å². The van der Waals surface area contributed by atoms with Crippen molar-refractivity contribution < 1.29 is 0 Å². The second-order valence-corrected chi connectivity index (χ2v) is 4.10. The number of anilines is 2. The molecule has 18 heavy (non-hydrogen) atoms. The zero-order valence-electron chi connectivity index (χ0n) is 10.2. The van der Waals surface area contributed by atoms with Crippen LogP contribution in [0.4, 0.5) is 11.4 Å². The van der Waals surface area contributed by atoms with E-state index in [2.05, 4.69) is 11.1 Å².